The van der Waals surface area contributed by atoms with E-state index < -0.39 is 0 Å². The average molecular weight is 288 g/mol. The summed E-state index contributed by atoms with van der Waals surface area (Å²) in [5.41, 5.74) is 0.906. The molecule has 0 aromatic carbocycles. The minimum atomic E-state index is 0.0338. The maximum absolute atomic E-state index is 12.3. The zero-order chi connectivity index (χ0) is 14.8. The van der Waals surface area contributed by atoms with Crippen molar-refractivity contribution in [3.8, 4) is 0 Å². The number of fused-ring (bicyclic) bond motifs is 1. The molecule has 21 heavy (non-hydrogen) atoms. The summed E-state index contributed by atoms with van der Waals surface area (Å²) in [6.07, 6.45) is 7.42. The van der Waals surface area contributed by atoms with E-state index in [1.165, 1.54) is 0 Å². The van der Waals surface area contributed by atoms with Crippen LogP contribution in [0.5, 0.6) is 0 Å². The number of carbonyl (C=O) groups is 2. The van der Waals surface area contributed by atoms with Crippen molar-refractivity contribution in [1.29, 1.82) is 0 Å². The first kappa shape index (κ1) is 13.9. The van der Waals surface area contributed by atoms with Gasteiger partial charge in [-0.2, -0.15) is 5.10 Å². The SMILES string of the molecule is Cn1nccc1/C=C/C(=O)N1CCC2NC(=O)CCC2C1. The largest absolute Gasteiger partial charge is 0.353 e. The van der Waals surface area contributed by atoms with Crippen molar-refractivity contribution in [2.75, 3.05) is 13.1 Å². The van der Waals surface area contributed by atoms with Gasteiger partial charge >= 0.3 is 0 Å². The third-order valence-corrected chi connectivity index (χ3v) is 4.39. The van der Waals surface area contributed by atoms with Gasteiger partial charge in [-0.1, -0.05) is 0 Å². The van der Waals surface area contributed by atoms with Crippen LogP contribution in [0.15, 0.2) is 18.3 Å². The molecule has 1 aromatic heterocycles. The number of aryl methyl sites for hydroxylation is 1. The van der Waals surface area contributed by atoms with E-state index >= 15 is 0 Å². The van der Waals surface area contributed by atoms with Crippen molar-refractivity contribution >= 4 is 17.9 Å². The summed E-state index contributed by atoms with van der Waals surface area (Å²) in [5.74, 6) is 0.573. The molecule has 1 N–H and O–H groups in total. The zero-order valence-corrected chi connectivity index (χ0v) is 12.2. The van der Waals surface area contributed by atoms with Crippen LogP contribution in [0.3, 0.4) is 0 Å². The monoisotopic (exact) mass is 288 g/mol. The maximum Gasteiger partial charge on any atom is 0.246 e. The van der Waals surface area contributed by atoms with Gasteiger partial charge in [0.1, 0.15) is 0 Å². The molecular weight excluding hydrogens is 268 g/mol. The third kappa shape index (κ3) is 2.99. The highest BCUT2D eigenvalue weighted by molar-refractivity contribution is 5.91. The lowest BCUT2D eigenvalue weighted by Gasteiger charge is -2.41. The fourth-order valence-electron chi connectivity index (χ4n) is 3.12. The molecule has 2 fully saturated rings. The Labute approximate surface area is 123 Å². The summed E-state index contributed by atoms with van der Waals surface area (Å²) >= 11 is 0. The summed E-state index contributed by atoms with van der Waals surface area (Å²) in [6, 6.07) is 2.11. The number of aromatic nitrogens is 2. The lowest BCUT2D eigenvalue weighted by molar-refractivity contribution is -0.130. The van der Waals surface area contributed by atoms with E-state index in [0.29, 0.717) is 18.9 Å². The van der Waals surface area contributed by atoms with Crippen LogP contribution >= 0.6 is 0 Å². The topological polar surface area (TPSA) is 67.2 Å². The molecule has 0 saturated carbocycles. The van der Waals surface area contributed by atoms with Crippen LogP contribution in [0.2, 0.25) is 0 Å². The number of hydrogen-bond acceptors (Lipinski definition) is 3. The van der Waals surface area contributed by atoms with Crippen LogP contribution in [-0.4, -0.2) is 45.6 Å². The summed E-state index contributed by atoms with van der Waals surface area (Å²) in [5, 5.41) is 7.10. The molecule has 0 bridgehead atoms. The van der Waals surface area contributed by atoms with Crippen molar-refractivity contribution in [3.05, 3.63) is 24.0 Å². The van der Waals surface area contributed by atoms with E-state index in [0.717, 1.165) is 25.1 Å². The lowest BCUT2D eigenvalue weighted by atomic mass is 9.85. The number of rotatable bonds is 2. The Morgan fingerprint density at radius 3 is 3.10 bits per heavy atom. The normalized spacial score (nSPS) is 25.8. The van der Waals surface area contributed by atoms with Crippen LogP contribution in [-0.2, 0) is 16.6 Å². The number of nitrogens with one attached hydrogen (secondary N) is 1. The molecule has 2 amide bonds. The standard InChI is InChI=1S/C15H20N4O2/c1-18-12(6-8-16-18)3-5-15(21)19-9-7-13-11(10-19)2-4-14(20)17-13/h3,5-6,8,11,13H,2,4,7,9-10H2,1H3,(H,17,20)/b5-3+. The quantitative estimate of drug-likeness (QED) is 0.809. The fraction of sp³-hybridized carbons (Fsp3) is 0.533. The molecule has 2 saturated heterocycles. The molecule has 6 heteroatoms. The minimum absolute atomic E-state index is 0.0338. The zero-order valence-electron chi connectivity index (χ0n) is 12.2. The second kappa shape index (κ2) is 5.71. The number of piperidine rings is 2. The smallest absolute Gasteiger partial charge is 0.246 e. The van der Waals surface area contributed by atoms with Crippen LogP contribution in [0, 0.1) is 5.92 Å². The molecule has 2 atom stereocenters. The summed E-state index contributed by atoms with van der Waals surface area (Å²) in [7, 11) is 1.85. The molecule has 3 rings (SSSR count). The van der Waals surface area contributed by atoms with E-state index in [9.17, 15) is 9.59 Å². The second-order valence-corrected chi connectivity index (χ2v) is 5.76. The number of amides is 2. The van der Waals surface area contributed by atoms with Gasteiger partial charge in [0.2, 0.25) is 11.8 Å². The highest BCUT2D eigenvalue weighted by Gasteiger charge is 2.34. The molecule has 112 valence electrons. The average Bonchev–Trinajstić information content (AvgIpc) is 2.89. The second-order valence-electron chi connectivity index (χ2n) is 5.76. The first-order valence-corrected chi connectivity index (χ1v) is 7.38. The Kier molecular flexibility index (Phi) is 3.77. The van der Waals surface area contributed by atoms with Gasteiger partial charge in [-0.25, -0.2) is 0 Å². The van der Waals surface area contributed by atoms with Crippen molar-refractivity contribution in [1.82, 2.24) is 20.0 Å². The first-order chi connectivity index (χ1) is 10.1. The highest BCUT2D eigenvalue weighted by Crippen LogP contribution is 2.25. The van der Waals surface area contributed by atoms with E-state index in [4.69, 9.17) is 0 Å². The van der Waals surface area contributed by atoms with Crippen LogP contribution in [0.1, 0.15) is 25.0 Å². The van der Waals surface area contributed by atoms with Crippen molar-refractivity contribution < 1.29 is 9.59 Å². The van der Waals surface area contributed by atoms with Gasteiger partial charge in [-0.15, -0.1) is 0 Å². The van der Waals surface area contributed by atoms with Gasteiger partial charge in [-0.05, 0) is 30.9 Å². The van der Waals surface area contributed by atoms with Crippen molar-refractivity contribution in [2.45, 2.75) is 25.3 Å². The van der Waals surface area contributed by atoms with E-state index in [1.54, 1.807) is 23.0 Å². The predicted octanol–water partition coefficient (Wildman–Crippen LogP) is 0.560. The van der Waals surface area contributed by atoms with E-state index in [1.807, 2.05) is 18.0 Å². The number of carbonyl (C=O) groups excluding carboxylic acids is 2. The highest BCUT2D eigenvalue weighted by atomic mass is 16.2. The molecule has 1 aromatic rings. The van der Waals surface area contributed by atoms with Crippen LogP contribution in [0.25, 0.3) is 6.08 Å². The predicted molar refractivity (Wildman–Crippen MR) is 78.1 cm³/mol. The van der Waals surface area contributed by atoms with E-state index in [2.05, 4.69) is 10.4 Å². The first-order valence-electron chi connectivity index (χ1n) is 7.38. The Morgan fingerprint density at radius 2 is 2.33 bits per heavy atom. The van der Waals surface area contributed by atoms with Gasteiger partial charge < -0.3 is 10.2 Å². The molecule has 0 spiro atoms. The summed E-state index contributed by atoms with van der Waals surface area (Å²) < 4.78 is 1.73. The van der Waals surface area contributed by atoms with Gasteiger partial charge in [0, 0.05) is 44.9 Å². The van der Waals surface area contributed by atoms with Gasteiger partial charge in [0.25, 0.3) is 0 Å². The maximum atomic E-state index is 12.3. The van der Waals surface area contributed by atoms with Crippen LogP contribution in [0.4, 0.5) is 0 Å². The fourth-order valence-corrected chi connectivity index (χ4v) is 3.12. The molecular formula is C15H20N4O2. The lowest BCUT2D eigenvalue weighted by Crippen LogP contribution is -2.54. The number of nitrogens with zero attached hydrogens (tertiary/aromatic N) is 3. The van der Waals surface area contributed by atoms with Gasteiger partial charge in [-0.3, -0.25) is 14.3 Å². The van der Waals surface area contributed by atoms with Gasteiger partial charge in [0.15, 0.2) is 0 Å². The molecule has 0 radical (unpaired) electrons. The Balaban J connectivity index is 1.60. The van der Waals surface area contributed by atoms with Crippen molar-refractivity contribution in [3.63, 3.8) is 0 Å². The Hall–Kier alpha value is -2.11. The molecule has 6 nitrogen and oxygen atoms in total. The third-order valence-electron chi connectivity index (χ3n) is 4.39. The molecule has 2 aliphatic heterocycles. The summed E-state index contributed by atoms with van der Waals surface area (Å²) in [4.78, 5) is 25.5. The minimum Gasteiger partial charge on any atom is -0.353 e. The Morgan fingerprint density at radius 1 is 1.48 bits per heavy atom. The number of likely N-dealkylation sites (tertiary alicyclic amines) is 1. The van der Waals surface area contributed by atoms with E-state index in [-0.39, 0.29) is 17.9 Å². The molecule has 2 aliphatic rings. The molecule has 2 unspecified atom stereocenters. The Bertz CT molecular complexity index is 578. The van der Waals surface area contributed by atoms with Crippen molar-refractivity contribution in [2.24, 2.45) is 13.0 Å². The van der Waals surface area contributed by atoms with Gasteiger partial charge in [0.05, 0.1) is 5.69 Å². The molecule has 0 aliphatic carbocycles. The molecule has 3 heterocycles. The van der Waals surface area contributed by atoms with Crippen LogP contribution < -0.4 is 5.32 Å². The summed E-state index contributed by atoms with van der Waals surface area (Å²) in [6.45, 7) is 1.44. The number of hydrogen-bond donors (Lipinski definition) is 1.